The average molecular weight is 405 g/mol. The predicted molar refractivity (Wildman–Crippen MR) is 117 cm³/mol. The van der Waals surface area contributed by atoms with Crippen molar-refractivity contribution in [1.29, 1.82) is 0 Å². The Hall–Kier alpha value is -2.99. The zero-order valence-electron chi connectivity index (χ0n) is 17.1. The minimum Gasteiger partial charge on any atom is -0.348 e. The second-order valence-corrected chi connectivity index (χ2v) is 8.28. The van der Waals surface area contributed by atoms with Gasteiger partial charge < -0.3 is 5.32 Å². The van der Waals surface area contributed by atoms with E-state index in [0.29, 0.717) is 0 Å². The molecule has 0 radical (unpaired) electrons. The van der Waals surface area contributed by atoms with Crippen molar-refractivity contribution in [3.63, 3.8) is 0 Å². The van der Waals surface area contributed by atoms with Gasteiger partial charge in [-0.15, -0.1) is 11.3 Å². The molecule has 3 aromatic heterocycles. The van der Waals surface area contributed by atoms with Gasteiger partial charge in [-0.1, -0.05) is 36.4 Å². The summed E-state index contributed by atoms with van der Waals surface area (Å²) >= 11 is 1.65. The molecule has 1 unspecified atom stereocenters. The number of rotatable bonds is 5. The minimum absolute atomic E-state index is 0.00330. The Morgan fingerprint density at radius 1 is 1.10 bits per heavy atom. The number of carbonyl (C=O) groups excluding carboxylic acids is 1. The number of carbonyl (C=O) groups is 1. The highest BCUT2D eigenvalue weighted by Gasteiger charge is 2.20. The first kappa shape index (κ1) is 19.3. The summed E-state index contributed by atoms with van der Waals surface area (Å²) < 4.78 is 1.87. The van der Waals surface area contributed by atoms with Crippen molar-refractivity contribution in [1.82, 2.24) is 19.9 Å². The summed E-state index contributed by atoms with van der Waals surface area (Å²) in [6.45, 7) is 7.98. The number of amides is 1. The van der Waals surface area contributed by atoms with Gasteiger partial charge >= 0.3 is 0 Å². The average Bonchev–Trinajstić information content (AvgIpc) is 3.34. The molecular weight excluding hydrogens is 380 g/mol. The maximum atomic E-state index is 12.7. The summed E-state index contributed by atoms with van der Waals surface area (Å²) in [6.07, 6.45) is 0.288. The first-order valence-electron chi connectivity index (χ1n) is 9.69. The van der Waals surface area contributed by atoms with Crippen LogP contribution >= 0.6 is 11.3 Å². The van der Waals surface area contributed by atoms with Crippen molar-refractivity contribution < 1.29 is 4.79 Å². The maximum Gasteiger partial charge on any atom is 0.225 e. The van der Waals surface area contributed by atoms with E-state index in [1.165, 1.54) is 0 Å². The fraction of sp³-hybridized carbons (Fsp3) is 0.261. The third-order valence-electron chi connectivity index (χ3n) is 5.25. The molecule has 148 valence electrons. The molecule has 1 N–H and O–H groups in total. The summed E-state index contributed by atoms with van der Waals surface area (Å²) in [5, 5.41) is 9.84. The Kier molecular flexibility index (Phi) is 5.20. The Balaban J connectivity index is 1.67. The molecule has 0 aliphatic heterocycles. The number of nitrogens with zero attached hydrogens (tertiary/aromatic N) is 3. The molecule has 0 saturated carbocycles. The molecule has 0 bridgehead atoms. The number of hydrogen-bond donors (Lipinski definition) is 1. The molecule has 1 amide bonds. The quantitative estimate of drug-likeness (QED) is 0.520. The van der Waals surface area contributed by atoms with Crippen LogP contribution in [0.4, 0.5) is 0 Å². The molecule has 0 fully saturated rings. The van der Waals surface area contributed by atoms with Gasteiger partial charge in [-0.25, -0.2) is 9.50 Å². The summed E-state index contributed by atoms with van der Waals surface area (Å²) in [7, 11) is 0. The minimum atomic E-state index is -0.00888. The fourth-order valence-corrected chi connectivity index (χ4v) is 4.46. The molecule has 0 spiro atoms. The van der Waals surface area contributed by atoms with Crippen molar-refractivity contribution in [2.45, 2.75) is 40.2 Å². The van der Waals surface area contributed by atoms with Gasteiger partial charge in [0.2, 0.25) is 5.91 Å². The molecule has 4 aromatic rings. The zero-order chi connectivity index (χ0) is 20.5. The Morgan fingerprint density at radius 2 is 1.86 bits per heavy atom. The van der Waals surface area contributed by atoms with Crippen molar-refractivity contribution in [3.8, 4) is 11.1 Å². The molecule has 5 nitrogen and oxygen atoms in total. The maximum absolute atomic E-state index is 12.7. The molecule has 0 aliphatic rings. The largest absolute Gasteiger partial charge is 0.348 e. The van der Waals surface area contributed by atoms with Crippen LogP contribution in [0.25, 0.3) is 16.8 Å². The molecular formula is C23H24N4OS. The molecule has 0 aliphatic carbocycles. The van der Waals surface area contributed by atoms with Gasteiger partial charge in [-0.05, 0) is 44.7 Å². The number of aryl methyl sites for hydroxylation is 3. The van der Waals surface area contributed by atoms with Crippen LogP contribution in [0.15, 0.2) is 47.8 Å². The highest BCUT2D eigenvalue weighted by molar-refractivity contribution is 7.10. The monoisotopic (exact) mass is 404 g/mol. The van der Waals surface area contributed by atoms with Crippen LogP contribution < -0.4 is 5.32 Å². The van der Waals surface area contributed by atoms with Crippen LogP contribution in [-0.4, -0.2) is 20.5 Å². The standard InChI is InChI=1S/C23H24N4OS/c1-14-19(13-21(28)24-15(2)20-11-8-12-29-20)17(4)27-23(25-14)22(16(3)26-27)18-9-6-5-7-10-18/h5-12,15H,13H2,1-4H3,(H,24,28). The van der Waals surface area contributed by atoms with E-state index in [2.05, 4.69) is 17.4 Å². The van der Waals surface area contributed by atoms with Crippen LogP contribution in [0, 0.1) is 20.8 Å². The SMILES string of the molecule is Cc1nc2c(-c3ccccc3)c(C)nn2c(C)c1CC(=O)NC(C)c1cccs1. The zero-order valence-corrected chi connectivity index (χ0v) is 17.9. The Bertz CT molecular complexity index is 1160. The first-order valence-corrected chi connectivity index (χ1v) is 10.6. The number of fused-ring (bicyclic) bond motifs is 1. The normalized spacial score (nSPS) is 12.3. The van der Waals surface area contributed by atoms with Gasteiger partial charge in [0.25, 0.3) is 0 Å². The smallest absolute Gasteiger partial charge is 0.225 e. The van der Waals surface area contributed by atoms with Crippen LogP contribution in [0.5, 0.6) is 0 Å². The van der Waals surface area contributed by atoms with Crippen LogP contribution in [0.2, 0.25) is 0 Å². The van der Waals surface area contributed by atoms with Gasteiger partial charge in [-0.2, -0.15) is 5.10 Å². The van der Waals surface area contributed by atoms with E-state index in [1.54, 1.807) is 11.3 Å². The van der Waals surface area contributed by atoms with E-state index in [4.69, 9.17) is 10.1 Å². The highest BCUT2D eigenvalue weighted by atomic mass is 32.1. The van der Waals surface area contributed by atoms with Gasteiger partial charge in [-0.3, -0.25) is 4.79 Å². The fourth-order valence-electron chi connectivity index (χ4n) is 3.73. The lowest BCUT2D eigenvalue weighted by Crippen LogP contribution is -2.28. The summed E-state index contributed by atoms with van der Waals surface area (Å²) in [4.78, 5) is 18.7. The lowest BCUT2D eigenvalue weighted by molar-refractivity contribution is -0.121. The topological polar surface area (TPSA) is 59.3 Å². The van der Waals surface area contributed by atoms with Gasteiger partial charge in [0.15, 0.2) is 5.65 Å². The molecule has 29 heavy (non-hydrogen) atoms. The van der Waals surface area contributed by atoms with Gasteiger partial charge in [0.1, 0.15) is 0 Å². The molecule has 1 atom stereocenters. The summed E-state index contributed by atoms with van der Waals surface area (Å²) in [6, 6.07) is 14.2. The lowest BCUT2D eigenvalue weighted by atomic mass is 10.1. The second-order valence-electron chi connectivity index (χ2n) is 7.30. The van der Waals surface area contributed by atoms with Crippen LogP contribution in [-0.2, 0) is 11.2 Å². The number of nitrogens with one attached hydrogen (secondary N) is 1. The summed E-state index contributed by atoms with van der Waals surface area (Å²) in [5.74, 6) is -0.00888. The Labute approximate surface area is 174 Å². The highest BCUT2D eigenvalue weighted by Crippen LogP contribution is 2.29. The number of hydrogen-bond acceptors (Lipinski definition) is 4. The first-order chi connectivity index (χ1) is 14.0. The van der Waals surface area contributed by atoms with Crippen molar-refractivity contribution in [2.24, 2.45) is 0 Å². The van der Waals surface area contributed by atoms with Crippen molar-refractivity contribution >= 4 is 22.9 Å². The molecule has 3 heterocycles. The second kappa shape index (κ2) is 7.79. The third-order valence-corrected chi connectivity index (χ3v) is 6.30. The number of benzene rings is 1. The van der Waals surface area contributed by atoms with Gasteiger partial charge in [0.05, 0.1) is 18.2 Å². The Morgan fingerprint density at radius 3 is 2.55 bits per heavy atom. The van der Waals surface area contributed by atoms with E-state index in [9.17, 15) is 4.79 Å². The van der Waals surface area contributed by atoms with E-state index < -0.39 is 0 Å². The molecule has 1 aromatic carbocycles. The van der Waals surface area contributed by atoms with E-state index >= 15 is 0 Å². The third kappa shape index (κ3) is 3.68. The van der Waals surface area contributed by atoms with E-state index in [1.807, 2.05) is 67.9 Å². The number of thiophene rings is 1. The van der Waals surface area contributed by atoms with Crippen molar-refractivity contribution in [2.75, 3.05) is 0 Å². The van der Waals surface area contributed by atoms with Crippen LogP contribution in [0.1, 0.15) is 40.5 Å². The number of aromatic nitrogens is 3. The predicted octanol–water partition coefficient (Wildman–Crippen LogP) is 4.80. The van der Waals surface area contributed by atoms with Gasteiger partial charge in [0, 0.05) is 27.4 Å². The van der Waals surface area contributed by atoms with Crippen molar-refractivity contribution in [3.05, 3.63) is 75.4 Å². The molecule has 4 rings (SSSR count). The van der Waals surface area contributed by atoms with E-state index in [0.717, 1.165) is 44.3 Å². The summed E-state index contributed by atoms with van der Waals surface area (Å²) in [5.41, 5.74) is 6.65. The van der Waals surface area contributed by atoms with E-state index in [-0.39, 0.29) is 18.4 Å². The molecule has 0 saturated heterocycles. The lowest BCUT2D eigenvalue weighted by Gasteiger charge is -2.15. The van der Waals surface area contributed by atoms with Crippen LogP contribution in [0.3, 0.4) is 0 Å². The molecule has 6 heteroatoms.